The lowest BCUT2D eigenvalue weighted by Gasteiger charge is -2.26. The van der Waals surface area contributed by atoms with Gasteiger partial charge in [-0.15, -0.1) is 0 Å². The largest absolute Gasteiger partial charge is 0.350 e. The smallest absolute Gasteiger partial charge is 0.223 e. The van der Waals surface area contributed by atoms with Crippen LogP contribution in [0.4, 0.5) is 0 Å². The monoisotopic (exact) mass is 236 g/mol. The molecule has 1 aromatic rings. The summed E-state index contributed by atoms with van der Waals surface area (Å²) in [4.78, 5) is 12.0. The molecule has 2 unspecified atom stereocenters. The van der Waals surface area contributed by atoms with Gasteiger partial charge in [0.25, 0.3) is 0 Å². The van der Waals surface area contributed by atoms with E-state index in [9.17, 15) is 4.79 Å². The summed E-state index contributed by atoms with van der Waals surface area (Å²) < 4.78 is 1.74. The van der Waals surface area contributed by atoms with Crippen LogP contribution < -0.4 is 10.6 Å². The molecule has 2 heterocycles. The van der Waals surface area contributed by atoms with Crippen LogP contribution in [-0.2, 0) is 18.4 Å². The summed E-state index contributed by atoms with van der Waals surface area (Å²) in [5.74, 6) is 0.305. The maximum absolute atomic E-state index is 12.0. The molecule has 2 atom stereocenters. The van der Waals surface area contributed by atoms with E-state index in [1.807, 2.05) is 19.3 Å². The van der Waals surface area contributed by atoms with Gasteiger partial charge in [-0.3, -0.25) is 9.48 Å². The van der Waals surface area contributed by atoms with E-state index >= 15 is 0 Å². The maximum atomic E-state index is 12.0. The van der Waals surface area contributed by atoms with Crippen molar-refractivity contribution in [2.24, 2.45) is 13.0 Å². The van der Waals surface area contributed by atoms with Gasteiger partial charge in [0.1, 0.15) is 0 Å². The topological polar surface area (TPSA) is 59.0 Å². The lowest BCUT2D eigenvalue weighted by Crippen LogP contribution is -2.42. The molecule has 1 aliphatic heterocycles. The molecule has 1 aromatic heterocycles. The molecule has 94 valence electrons. The van der Waals surface area contributed by atoms with Gasteiger partial charge in [0.2, 0.25) is 5.91 Å². The van der Waals surface area contributed by atoms with Crippen molar-refractivity contribution < 1.29 is 4.79 Å². The zero-order chi connectivity index (χ0) is 12.3. The molecule has 0 radical (unpaired) electrons. The highest BCUT2D eigenvalue weighted by molar-refractivity contribution is 5.78. The minimum atomic E-state index is 0.148. The van der Waals surface area contributed by atoms with Crippen LogP contribution in [0.15, 0.2) is 12.3 Å². The molecule has 0 saturated carbocycles. The number of hydrogen-bond acceptors (Lipinski definition) is 3. The zero-order valence-electron chi connectivity index (χ0n) is 10.4. The van der Waals surface area contributed by atoms with Crippen LogP contribution >= 0.6 is 0 Å². The van der Waals surface area contributed by atoms with Gasteiger partial charge in [0.15, 0.2) is 0 Å². The minimum absolute atomic E-state index is 0.148. The highest BCUT2D eigenvalue weighted by atomic mass is 16.1. The molecule has 17 heavy (non-hydrogen) atoms. The van der Waals surface area contributed by atoms with Crippen molar-refractivity contribution in [1.82, 2.24) is 20.4 Å². The van der Waals surface area contributed by atoms with Gasteiger partial charge in [-0.2, -0.15) is 5.10 Å². The average Bonchev–Trinajstić information content (AvgIpc) is 2.72. The summed E-state index contributed by atoms with van der Waals surface area (Å²) in [6.07, 6.45) is 3.74. The number of nitrogens with zero attached hydrogens (tertiary/aromatic N) is 2. The maximum Gasteiger partial charge on any atom is 0.223 e. The third-order valence-electron chi connectivity index (χ3n) is 3.21. The Morgan fingerprint density at radius 3 is 3.18 bits per heavy atom. The molecule has 0 aliphatic carbocycles. The SMILES string of the molecule is CC1CC(C(=O)NCc2ccn(C)n2)CCN1. The van der Waals surface area contributed by atoms with Crippen LogP contribution in [-0.4, -0.2) is 28.3 Å². The second-order valence-corrected chi connectivity index (χ2v) is 4.78. The first-order valence-electron chi connectivity index (χ1n) is 6.15. The Kier molecular flexibility index (Phi) is 3.78. The van der Waals surface area contributed by atoms with Gasteiger partial charge in [-0.25, -0.2) is 0 Å². The quantitative estimate of drug-likeness (QED) is 0.800. The molecule has 5 heteroatoms. The van der Waals surface area contributed by atoms with Crippen LogP contribution in [0.1, 0.15) is 25.5 Å². The number of aromatic nitrogens is 2. The Morgan fingerprint density at radius 2 is 2.53 bits per heavy atom. The van der Waals surface area contributed by atoms with E-state index in [0.717, 1.165) is 25.1 Å². The average molecular weight is 236 g/mol. The number of carbonyl (C=O) groups excluding carboxylic acids is 1. The lowest BCUT2D eigenvalue weighted by atomic mass is 9.92. The van der Waals surface area contributed by atoms with E-state index in [2.05, 4.69) is 22.7 Å². The number of hydrogen-bond donors (Lipinski definition) is 2. The summed E-state index contributed by atoms with van der Waals surface area (Å²) in [6.45, 7) is 3.58. The second-order valence-electron chi connectivity index (χ2n) is 4.78. The number of piperidine rings is 1. The van der Waals surface area contributed by atoms with Crippen molar-refractivity contribution in [3.8, 4) is 0 Å². The predicted octanol–water partition coefficient (Wildman–Crippen LogP) is 0.424. The first-order chi connectivity index (χ1) is 8.15. The first kappa shape index (κ1) is 12.1. The molecular formula is C12H20N4O. The van der Waals surface area contributed by atoms with Crippen LogP contribution in [0, 0.1) is 5.92 Å². The Balaban J connectivity index is 1.80. The number of amides is 1. The molecule has 0 spiro atoms. The molecule has 0 bridgehead atoms. The van der Waals surface area contributed by atoms with Crippen molar-refractivity contribution in [2.75, 3.05) is 6.54 Å². The number of carbonyl (C=O) groups is 1. The molecule has 2 N–H and O–H groups in total. The van der Waals surface area contributed by atoms with Gasteiger partial charge < -0.3 is 10.6 Å². The van der Waals surface area contributed by atoms with Gasteiger partial charge in [0, 0.05) is 25.2 Å². The van der Waals surface area contributed by atoms with Gasteiger partial charge in [0.05, 0.1) is 12.2 Å². The fraction of sp³-hybridized carbons (Fsp3) is 0.667. The van der Waals surface area contributed by atoms with E-state index in [-0.39, 0.29) is 11.8 Å². The second kappa shape index (κ2) is 5.31. The summed E-state index contributed by atoms with van der Waals surface area (Å²) in [7, 11) is 1.87. The third-order valence-corrected chi connectivity index (χ3v) is 3.21. The Hall–Kier alpha value is -1.36. The predicted molar refractivity (Wildman–Crippen MR) is 65.2 cm³/mol. The van der Waals surface area contributed by atoms with Crippen LogP contribution in [0.3, 0.4) is 0 Å². The Bertz CT molecular complexity index is 388. The summed E-state index contributed by atoms with van der Waals surface area (Å²) >= 11 is 0. The van der Waals surface area contributed by atoms with E-state index in [1.165, 1.54) is 0 Å². The van der Waals surface area contributed by atoms with Crippen molar-refractivity contribution in [3.63, 3.8) is 0 Å². The molecule has 2 rings (SSSR count). The zero-order valence-corrected chi connectivity index (χ0v) is 10.4. The molecular weight excluding hydrogens is 216 g/mol. The van der Waals surface area contributed by atoms with Crippen molar-refractivity contribution in [2.45, 2.75) is 32.4 Å². The highest BCUT2D eigenvalue weighted by Crippen LogP contribution is 2.16. The van der Waals surface area contributed by atoms with E-state index in [0.29, 0.717) is 12.6 Å². The summed E-state index contributed by atoms with van der Waals surface area (Å²) in [5, 5.41) is 10.5. The molecule has 1 fully saturated rings. The van der Waals surface area contributed by atoms with Crippen LogP contribution in [0.25, 0.3) is 0 Å². The van der Waals surface area contributed by atoms with Gasteiger partial charge >= 0.3 is 0 Å². The van der Waals surface area contributed by atoms with Gasteiger partial charge in [-0.1, -0.05) is 0 Å². The molecule has 1 amide bonds. The number of rotatable bonds is 3. The van der Waals surface area contributed by atoms with E-state index in [4.69, 9.17) is 0 Å². The van der Waals surface area contributed by atoms with Crippen LogP contribution in [0.5, 0.6) is 0 Å². The highest BCUT2D eigenvalue weighted by Gasteiger charge is 2.24. The Labute approximate surface area is 102 Å². The number of aryl methyl sites for hydroxylation is 1. The lowest BCUT2D eigenvalue weighted by molar-refractivity contribution is -0.126. The first-order valence-corrected chi connectivity index (χ1v) is 6.15. The minimum Gasteiger partial charge on any atom is -0.350 e. The fourth-order valence-electron chi connectivity index (χ4n) is 2.25. The van der Waals surface area contributed by atoms with Crippen LogP contribution in [0.2, 0.25) is 0 Å². The summed E-state index contributed by atoms with van der Waals surface area (Å²) in [5.41, 5.74) is 0.905. The number of nitrogens with one attached hydrogen (secondary N) is 2. The molecule has 1 saturated heterocycles. The Morgan fingerprint density at radius 1 is 1.71 bits per heavy atom. The standard InChI is InChI=1S/C12H20N4O/c1-9-7-10(3-5-13-9)12(17)14-8-11-4-6-16(2)15-11/h4,6,9-10,13H,3,5,7-8H2,1-2H3,(H,14,17). The van der Waals surface area contributed by atoms with Crippen molar-refractivity contribution >= 4 is 5.91 Å². The summed E-state index contributed by atoms with van der Waals surface area (Å²) in [6, 6.07) is 2.36. The van der Waals surface area contributed by atoms with E-state index in [1.54, 1.807) is 4.68 Å². The third kappa shape index (κ3) is 3.30. The normalized spacial score (nSPS) is 24.6. The molecule has 1 aliphatic rings. The molecule has 0 aromatic carbocycles. The fourth-order valence-corrected chi connectivity index (χ4v) is 2.25. The van der Waals surface area contributed by atoms with Crippen molar-refractivity contribution in [3.05, 3.63) is 18.0 Å². The van der Waals surface area contributed by atoms with E-state index < -0.39 is 0 Å². The van der Waals surface area contributed by atoms with Crippen molar-refractivity contribution in [1.29, 1.82) is 0 Å². The van der Waals surface area contributed by atoms with Gasteiger partial charge in [-0.05, 0) is 32.4 Å². The molecule has 5 nitrogen and oxygen atoms in total.